The van der Waals surface area contributed by atoms with E-state index in [-0.39, 0.29) is 5.92 Å². The zero-order valence-electron chi connectivity index (χ0n) is 16.8. The maximum atomic E-state index is 12.8. The van der Waals surface area contributed by atoms with Crippen LogP contribution in [0.3, 0.4) is 0 Å². The number of carbonyl (C=O) groups is 1. The molecule has 6 heteroatoms. The Labute approximate surface area is 167 Å². The molecule has 6 nitrogen and oxygen atoms in total. The van der Waals surface area contributed by atoms with Gasteiger partial charge in [0.1, 0.15) is 5.82 Å². The Kier molecular flexibility index (Phi) is 5.46. The van der Waals surface area contributed by atoms with Gasteiger partial charge in [0.2, 0.25) is 11.9 Å². The fraction of sp³-hybridized carbons (Fsp3) is 0.500. The Morgan fingerprint density at radius 3 is 2.50 bits per heavy atom. The third-order valence-corrected chi connectivity index (χ3v) is 5.93. The van der Waals surface area contributed by atoms with E-state index in [0.29, 0.717) is 11.9 Å². The number of piperidine rings is 1. The number of nitrogens with one attached hydrogen (secondary N) is 1. The molecular weight excluding hydrogens is 350 g/mol. The fourth-order valence-corrected chi connectivity index (χ4v) is 4.18. The number of anilines is 3. The third-order valence-electron chi connectivity index (χ3n) is 5.93. The first-order valence-corrected chi connectivity index (χ1v) is 10.3. The van der Waals surface area contributed by atoms with Gasteiger partial charge in [0.25, 0.3) is 0 Å². The van der Waals surface area contributed by atoms with Crippen LogP contribution in [0.5, 0.6) is 0 Å². The first kappa shape index (κ1) is 18.7. The van der Waals surface area contributed by atoms with Crippen LogP contribution in [0.4, 0.5) is 17.5 Å². The van der Waals surface area contributed by atoms with Crippen molar-refractivity contribution < 1.29 is 4.79 Å². The molecule has 2 fully saturated rings. The highest BCUT2D eigenvalue weighted by molar-refractivity contribution is 5.79. The molecule has 1 N–H and O–H groups in total. The van der Waals surface area contributed by atoms with Crippen molar-refractivity contribution in [3.05, 3.63) is 42.1 Å². The zero-order chi connectivity index (χ0) is 19.5. The number of carbonyl (C=O) groups excluding carboxylic acids is 1. The lowest BCUT2D eigenvalue weighted by molar-refractivity contribution is -0.136. The van der Waals surface area contributed by atoms with Gasteiger partial charge in [-0.1, -0.05) is 17.7 Å². The highest BCUT2D eigenvalue weighted by atomic mass is 16.2. The van der Waals surface area contributed by atoms with E-state index in [0.717, 1.165) is 62.8 Å². The van der Waals surface area contributed by atoms with E-state index < -0.39 is 0 Å². The quantitative estimate of drug-likeness (QED) is 0.876. The minimum atomic E-state index is 0.144. The number of likely N-dealkylation sites (tertiary alicyclic amines) is 1. The second-order valence-electron chi connectivity index (χ2n) is 8.02. The van der Waals surface area contributed by atoms with Crippen LogP contribution in [0.2, 0.25) is 0 Å². The lowest BCUT2D eigenvalue weighted by atomic mass is 9.95. The second-order valence-corrected chi connectivity index (χ2v) is 8.02. The van der Waals surface area contributed by atoms with Crippen molar-refractivity contribution >= 4 is 23.4 Å². The topological polar surface area (TPSA) is 61.4 Å². The SMILES string of the molecule is Cc1ccc(Nc2ccnc(N3CCC(C(=O)N4CCCC4C)CC3)n2)cc1. The minimum Gasteiger partial charge on any atom is -0.341 e. The molecule has 1 atom stereocenters. The number of benzene rings is 1. The van der Waals surface area contributed by atoms with Crippen molar-refractivity contribution in [2.75, 3.05) is 29.9 Å². The average Bonchev–Trinajstić information content (AvgIpc) is 3.15. The summed E-state index contributed by atoms with van der Waals surface area (Å²) in [7, 11) is 0. The van der Waals surface area contributed by atoms with E-state index in [9.17, 15) is 4.79 Å². The molecule has 0 radical (unpaired) electrons. The van der Waals surface area contributed by atoms with Gasteiger partial charge in [0, 0.05) is 43.5 Å². The van der Waals surface area contributed by atoms with Crippen LogP contribution in [0, 0.1) is 12.8 Å². The highest BCUT2D eigenvalue weighted by Gasteiger charge is 2.33. The first-order valence-electron chi connectivity index (χ1n) is 10.3. The van der Waals surface area contributed by atoms with Crippen molar-refractivity contribution in [3.63, 3.8) is 0 Å². The molecular formula is C22H29N5O. The third kappa shape index (κ3) is 4.11. The molecule has 1 unspecified atom stereocenters. The van der Waals surface area contributed by atoms with Gasteiger partial charge in [-0.2, -0.15) is 4.98 Å². The lowest BCUT2D eigenvalue weighted by Crippen LogP contribution is -2.44. The van der Waals surface area contributed by atoms with Gasteiger partial charge in [0.05, 0.1) is 0 Å². The van der Waals surface area contributed by atoms with Gasteiger partial charge < -0.3 is 15.1 Å². The summed E-state index contributed by atoms with van der Waals surface area (Å²) in [6.07, 6.45) is 5.82. The number of aromatic nitrogens is 2. The molecule has 2 saturated heterocycles. The molecule has 1 amide bonds. The average molecular weight is 380 g/mol. The molecule has 2 aromatic rings. The first-order chi connectivity index (χ1) is 13.6. The van der Waals surface area contributed by atoms with Crippen LogP contribution >= 0.6 is 0 Å². The van der Waals surface area contributed by atoms with Crippen molar-refractivity contribution in [2.24, 2.45) is 5.92 Å². The van der Waals surface area contributed by atoms with Crippen LogP contribution in [-0.4, -0.2) is 46.5 Å². The minimum absolute atomic E-state index is 0.144. The Balaban J connectivity index is 1.36. The van der Waals surface area contributed by atoms with Crippen LogP contribution in [0.25, 0.3) is 0 Å². The van der Waals surface area contributed by atoms with E-state index in [1.807, 2.05) is 18.2 Å². The summed E-state index contributed by atoms with van der Waals surface area (Å²) in [5.74, 6) is 2.02. The van der Waals surface area contributed by atoms with Crippen molar-refractivity contribution in [1.29, 1.82) is 0 Å². The molecule has 2 aliphatic heterocycles. The summed E-state index contributed by atoms with van der Waals surface area (Å²) in [6, 6.07) is 10.5. The number of hydrogen-bond acceptors (Lipinski definition) is 5. The van der Waals surface area contributed by atoms with Crippen LogP contribution in [-0.2, 0) is 4.79 Å². The van der Waals surface area contributed by atoms with Gasteiger partial charge in [-0.3, -0.25) is 4.79 Å². The van der Waals surface area contributed by atoms with Gasteiger partial charge in [-0.25, -0.2) is 4.98 Å². The molecule has 1 aromatic carbocycles. The standard InChI is InChI=1S/C22H29N5O/c1-16-5-7-19(8-6-16)24-20-9-12-23-22(25-20)26-14-10-18(11-15-26)21(28)27-13-3-4-17(27)2/h5-9,12,17-18H,3-4,10-11,13-15H2,1-2H3,(H,23,24,25). The smallest absolute Gasteiger partial charge is 0.227 e. The fourth-order valence-electron chi connectivity index (χ4n) is 4.18. The zero-order valence-corrected chi connectivity index (χ0v) is 16.8. The lowest BCUT2D eigenvalue weighted by Gasteiger charge is -2.34. The number of rotatable bonds is 4. The largest absolute Gasteiger partial charge is 0.341 e. The molecule has 0 spiro atoms. The van der Waals surface area contributed by atoms with Crippen molar-refractivity contribution in [2.45, 2.75) is 45.6 Å². The molecule has 0 aliphatic carbocycles. The second kappa shape index (κ2) is 8.17. The Bertz CT molecular complexity index is 814. The van der Waals surface area contributed by atoms with Crippen LogP contribution in [0.1, 0.15) is 38.2 Å². The van der Waals surface area contributed by atoms with Gasteiger partial charge in [-0.15, -0.1) is 0 Å². The summed E-state index contributed by atoms with van der Waals surface area (Å²) < 4.78 is 0. The molecule has 1 aromatic heterocycles. The number of amides is 1. The molecule has 0 bridgehead atoms. The van der Waals surface area contributed by atoms with Crippen molar-refractivity contribution in [3.8, 4) is 0 Å². The van der Waals surface area contributed by atoms with Gasteiger partial charge in [0.15, 0.2) is 0 Å². The highest BCUT2D eigenvalue weighted by Crippen LogP contribution is 2.27. The Morgan fingerprint density at radius 1 is 1.07 bits per heavy atom. The summed E-state index contributed by atoms with van der Waals surface area (Å²) in [4.78, 5) is 26.2. The molecule has 2 aliphatic rings. The molecule has 3 heterocycles. The van der Waals surface area contributed by atoms with E-state index in [2.05, 4.69) is 51.1 Å². The molecule has 0 saturated carbocycles. The summed E-state index contributed by atoms with van der Waals surface area (Å²) in [5.41, 5.74) is 2.24. The van der Waals surface area contributed by atoms with Crippen LogP contribution < -0.4 is 10.2 Å². The monoisotopic (exact) mass is 379 g/mol. The number of nitrogens with zero attached hydrogens (tertiary/aromatic N) is 4. The number of hydrogen-bond donors (Lipinski definition) is 1. The van der Waals surface area contributed by atoms with E-state index in [4.69, 9.17) is 0 Å². The van der Waals surface area contributed by atoms with E-state index in [1.165, 1.54) is 5.56 Å². The van der Waals surface area contributed by atoms with E-state index in [1.54, 1.807) is 6.20 Å². The number of aryl methyl sites for hydroxylation is 1. The molecule has 4 rings (SSSR count). The normalized spacial score (nSPS) is 20.4. The molecule has 148 valence electrons. The summed E-state index contributed by atoms with van der Waals surface area (Å²) >= 11 is 0. The summed E-state index contributed by atoms with van der Waals surface area (Å²) in [6.45, 7) is 6.82. The van der Waals surface area contributed by atoms with E-state index >= 15 is 0 Å². The maximum Gasteiger partial charge on any atom is 0.227 e. The van der Waals surface area contributed by atoms with Crippen LogP contribution in [0.15, 0.2) is 36.5 Å². The predicted octanol–water partition coefficient (Wildman–Crippen LogP) is 3.76. The Hall–Kier alpha value is -2.63. The van der Waals surface area contributed by atoms with Gasteiger partial charge in [-0.05, 0) is 57.7 Å². The molecule has 28 heavy (non-hydrogen) atoms. The predicted molar refractivity (Wildman–Crippen MR) is 112 cm³/mol. The Morgan fingerprint density at radius 2 is 1.82 bits per heavy atom. The van der Waals surface area contributed by atoms with Gasteiger partial charge >= 0.3 is 0 Å². The van der Waals surface area contributed by atoms with Crippen molar-refractivity contribution in [1.82, 2.24) is 14.9 Å². The summed E-state index contributed by atoms with van der Waals surface area (Å²) in [5, 5.41) is 3.34. The maximum absolute atomic E-state index is 12.8.